The highest BCUT2D eigenvalue weighted by molar-refractivity contribution is 6.31. The van der Waals surface area contributed by atoms with Crippen LogP contribution in [0, 0.1) is 34.6 Å². The fourth-order valence-corrected chi connectivity index (χ4v) is 2.90. The smallest absolute Gasteiger partial charge is 0.195 e. The number of anilines is 1. The average molecular weight is 302 g/mol. The van der Waals surface area contributed by atoms with Gasteiger partial charge in [-0.1, -0.05) is 11.6 Å². The van der Waals surface area contributed by atoms with Crippen LogP contribution in [0.3, 0.4) is 0 Å². The average Bonchev–Trinajstić information content (AvgIpc) is 2.43. The van der Waals surface area contributed by atoms with Gasteiger partial charge in [-0.15, -0.1) is 0 Å². The Balaban J connectivity index is 2.70. The molecular weight excluding hydrogens is 282 g/mol. The summed E-state index contributed by atoms with van der Waals surface area (Å²) in [6, 6.07) is 5.01. The predicted octanol–water partition coefficient (Wildman–Crippen LogP) is 4.70. The van der Waals surface area contributed by atoms with E-state index < -0.39 is 0 Å². The first kappa shape index (κ1) is 15.6. The number of nitrogen functional groups attached to an aromatic ring is 1. The molecule has 0 aromatic heterocycles. The topological polar surface area (TPSA) is 43.1 Å². The molecule has 0 aliphatic carbocycles. The minimum absolute atomic E-state index is 0.0367. The predicted molar refractivity (Wildman–Crippen MR) is 89.4 cm³/mol. The standard InChI is InChI=1S/C18H20ClNO/c1-9-10(2)12(4)17(13(5)11(9)3)18(21)15-7-6-14(19)8-16(15)20/h6-8H,20H2,1-5H3. The molecule has 21 heavy (non-hydrogen) atoms. The van der Waals surface area contributed by atoms with Crippen LogP contribution in [0.1, 0.15) is 43.7 Å². The number of nitrogens with two attached hydrogens (primary N) is 1. The Labute approximate surface area is 130 Å². The van der Waals surface area contributed by atoms with E-state index in [4.69, 9.17) is 17.3 Å². The molecule has 2 aromatic rings. The summed E-state index contributed by atoms with van der Waals surface area (Å²) in [6.07, 6.45) is 0. The van der Waals surface area contributed by atoms with Crippen molar-refractivity contribution in [3.05, 3.63) is 62.2 Å². The van der Waals surface area contributed by atoms with Crippen molar-refractivity contribution in [3.8, 4) is 0 Å². The van der Waals surface area contributed by atoms with Crippen molar-refractivity contribution in [1.29, 1.82) is 0 Å². The minimum atomic E-state index is -0.0367. The van der Waals surface area contributed by atoms with Crippen LogP contribution in [0.25, 0.3) is 0 Å². The highest BCUT2D eigenvalue weighted by Gasteiger charge is 2.21. The first-order valence-corrected chi connectivity index (χ1v) is 7.30. The summed E-state index contributed by atoms with van der Waals surface area (Å²) in [6.45, 7) is 10.2. The van der Waals surface area contributed by atoms with Gasteiger partial charge in [0.05, 0.1) is 0 Å². The van der Waals surface area contributed by atoms with E-state index in [2.05, 4.69) is 20.8 Å². The van der Waals surface area contributed by atoms with Crippen LogP contribution in [0.4, 0.5) is 5.69 Å². The number of carbonyl (C=O) groups excluding carboxylic acids is 1. The second-order valence-electron chi connectivity index (χ2n) is 5.56. The van der Waals surface area contributed by atoms with Crippen molar-refractivity contribution < 1.29 is 4.79 Å². The first-order valence-electron chi connectivity index (χ1n) is 6.92. The third-order valence-corrected chi connectivity index (χ3v) is 4.72. The van der Waals surface area contributed by atoms with Gasteiger partial charge in [0, 0.05) is 21.8 Å². The lowest BCUT2D eigenvalue weighted by molar-refractivity contribution is 0.103. The third-order valence-electron chi connectivity index (χ3n) is 4.49. The number of carbonyl (C=O) groups is 1. The van der Waals surface area contributed by atoms with Gasteiger partial charge in [0.25, 0.3) is 0 Å². The molecule has 0 saturated carbocycles. The molecule has 0 aliphatic rings. The number of halogens is 1. The summed E-state index contributed by atoms with van der Waals surface area (Å²) in [5.74, 6) is -0.0367. The monoisotopic (exact) mass is 301 g/mol. The molecule has 2 nitrogen and oxygen atoms in total. The maximum absolute atomic E-state index is 12.9. The van der Waals surface area contributed by atoms with Gasteiger partial charge in [-0.3, -0.25) is 4.79 Å². The molecule has 0 spiro atoms. The van der Waals surface area contributed by atoms with Gasteiger partial charge in [0.1, 0.15) is 0 Å². The van der Waals surface area contributed by atoms with Crippen LogP contribution < -0.4 is 5.73 Å². The van der Waals surface area contributed by atoms with Crippen molar-refractivity contribution >= 4 is 23.1 Å². The number of benzene rings is 2. The van der Waals surface area contributed by atoms with E-state index in [1.165, 1.54) is 5.56 Å². The second kappa shape index (κ2) is 5.53. The molecule has 2 aromatic carbocycles. The first-order chi connectivity index (χ1) is 9.75. The lowest BCUT2D eigenvalue weighted by Crippen LogP contribution is -2.12. The van der Waals surface area contributed by atoms with E-state index in [0.717, 1.165) is 27.8 Å². The fourth-order valence-electron chi connectivity index (χ4n) is 2.72. The van der Waals surface area contributed by atoms with Crippen LogP contribution in [0.5, 0.6) is 0 Å². The van der Waals surface area contributed by atoms with Gasteiger partial charge in [0.2, 0.25) is 0 Å². The van der Waals surface area contributed by atoms with Crippen LogP contribution in [0.15, 0.2) is 18.2 Å². The summed E-state index contributed by atoms with van der Waals surface area (Å²) in [4.78, 5) is 12.9. The molecule has 0 radical (unpaired) electrons. The second-order valence-corrected chi connectivity index (χ2v) is 6.00. The molecule has 3 heteroatoms. The molecule has 2 rings (SSSR count). The van der Waals surface area contributed by atoms with Gasteiger partial charge >= 0.3 is 0 Å². The SMILES string of the molecule is Cc1c(C)c(C)c(C(=O)c2ccc(Cl)cc2N)c(C)c1C. The zero-order chi connectivity index (χ0) is 15.9. The minimum Gasteiger partial charge on any atom is -0.398 e. The van der Waals surface area contributed by atoms with Crippen LogP contribution >= 0.6 is 11.6 Å². The Morgan fingerprint density at radius 1 is 0.905 bits per heavy atom. The van der Waals surface area contributed by atoms with Crippen molar-refractivity contribution in [2.45, 2.75) is 34.6 Å². The molecule has 0 amide bonds. The van der Waals surface area contributed by atoms with Gasteiger partial charge in [-0.05, 0) is 80.6 Å². The molecule has 2 N–H and O–H groups in total. The highest BCUT2D eigenvalue weighted by atomic mass is 35.5. The maximum Gasteiger partial charge on any atom is 0.195 e. The van der Waals surface area contributed by atoms with E-state index in [1.807, 2.05) is 13.8 Å². The van der Waals surface area contributed by atoms with Gasteiger partial charge in [-0.2, -0.15) is 0 Å². The maximum atomic E-state index is 12.9. The largest absolute Gasteiger partial charge is 0.398 e. The van der Waals surface area contributed by atoms with Gasteiger partial charge in [-0.25, -0.2) is 0 Å². The normalized spacial score (nSPS) is 10.8. The molecule has 0 aliphatic heterocycles. The number of ketones is 1. The van der Waals surface area contributed by atoms with E-state index >= 15 is 0 Å². The molecule has 0 atom stereocenters. The number of hydrogen-bond donors (Lipinski definition) is 1. The van der Waals surface area contributed by atoms with Gasteiger partial charge in [0.15, 0.2) is 5.78 Å². The Kier molecular flexibility index (Phi) is 4.11. The number of rotatable bonds is 2. The third kappa shape index (κ3) is 2.56. The molecule has 0 fully saturated rings. The van der Waals surface area contributed by atoms with Crippen molar-refractivity contribution in [2.24, 2.45) is 0 Å². The summed E-state index contributed by atoms with van der Waals surface area (Å²) < 4.78 is 0. The van der Waals surface area contributed by atoms with Gasteiger partial charge < -0.3 is 5.73 Å². The van der Waals surface area contributed by atoms with E-state index in [9.17, 15) is 4.79 Å². The lowest BCUT2D eigenvalue weighted by Gasteiger charge is -2.18. The van der Waals surface area contributed by atoms with Crippen molar-refractivity contribution in [1.82, 2.24) is 0 Å². The van der Waals surface area contributed by atoms with Crippen molar-refractivity contribution in [2.75, 3.05) is 5.73 Å². The highest BCUT2D eigenvalue weighted by Crippen LogP contribution is 2.29. The van der Waals surface area contributed by atoms with Crippen LogP contribution in [0.2, 0.25) is 5.02 Å². The quantitative estimate of drug-likeness (QED) is 0.645. The zero-order valence-electron chi connectivity index (χ0n) is 13.1. The van der Waals surface area contributed by atoms with E-state index in [-0.39, 0.29) is 5.78 Å². The summed E-state index contributed by atoms with van der Waals surface area (Å²) in [5, 5.41) is 0.536. The summed E-state index contributed by atoms with van der Waals surface area (Å²) in [5.41, 5.74) is 13.3. The molecule has 0 heterocycles. The van der Waals surface area contributed by atoms with E-state index in [1.54, 1.807) is 18.2 Å². The molecule has 0 unspecified atom stereocenters. The Morgan fingerprint density at radius 3 is 1.86 bits per heavy atom. The Morgan fingerprint density at radius 2 is 1.38 bits per heavy atom. The fraction of sp³-hybridized carbons (Fsp3) is 0.278. The number of hydrogen-bond acceptors (Lipinski definition) is 2. The Hall–Kier alpha value is -1.80. The molecule has 110 valence electrons. The van der Waals surface area contributed by atoms with Crippen molar-refractivity contribution in [3.63, 3.8) is 0 Å². The molecule has 0 bridgehead atoms. The molecule has 0 saturated heterocycles. The lowest BCUT2D eigenvalue weighted by atomic mass is 9.86. The summed E-state index contributed by atoms with van der Waals surface area (Å²) >= 11 is 5.91. The van der Waals surface area contributed by atoms with Crippen LogP contribution in [-0.2, 0) is 0 Å². The van der Waals surface area contributed by atoms with Crippen LogP contribution in [-0.4, -0.2) is 5.78 Å². The van der Waals surface area contributed by atoms with E-state index in [0.29, 0.717) is 16.3 Å². The Bertz CT molecular complexity index is 718. The zero-order valence-corrected chi connectivity index (χ0v) is 13.9. The summed E-state index contributed by atoms with van der Waals surface area (Å²) in [7, 11) is 0. The molecular formula is C18H20ClNO.